The molecule has 1 saturated heterocycles. The van der Waals surface area contributed by atoms with Crippen LogP contribution in [0.15, 0.2) is 0 Å². The number of methoxy groups -OCH3 is 1. The van der Waals surface area contributed by atoms with Crippen molar-refractivity contribution in [2.75, 3.05) is 33.4 Å². The molecule has 3 amide bonds. The average Bonchev–Trinajstić information content (AvgIpc) is 2.47. The minimum atomic E-state index is 0.0106. The Balaban J connectivity index is 2.45. The highest BCUT2D eigenvalue weighted by Gasteiger charge is 2.31. The van der Waals surface area contributed by atoms with E-state index in [4.69, 9.17) is 4.74 Å². The average molecular weight is 313 g/mol. The summed E-state index contributed by atoms with van der Waals surface area (Å²) in [6.45, 7) is 8.62. The lowest BCUT2D eigenvalue weighted by Crippen LogP contribution is -2.50. The van der Waals surface area contributed by atoms with Gasteiger partial charge >= 0.3 is 6.03 Å². The molecular weight excluding hydrogens is 282 g/mol. The molecule has 1 rings (SSSR count). The molecule has 1 fully saturated rings. The van der Waals surface area contributed by atoms with E-state index in [0.717, 1.165) is 25.9 Å². The molecule has 0 saturated carbocycles. The number of carbonyl (C=O) groups excluding carboxylic acids is 2. The third kappa shape index (κ3) is 6.22. The predicted molar refractivity (Wildman–Crippen MR) is 86.6 cm³/mol. The maximum Gasteiger partial charge on any atom is 0.317 e. The minimum absolute atomic E-state index is 0.0106. The number of rotatable bonds is 7. The van der Waals surface area contributed by atoms with Gasteiger partial charge in [0.05, 0.1) is 6.61 Å². The second-order valence-electron chi connectivity index (χ2n) is 6.31. The lowest BCUT2D eigenvalue weighted by atomic mass is 9.81. The second-order valence-corrected chi connectivity index (χ2v) is 6.31. The molecule has 128 valence electrons. The number of hydrogen-bond donors (Lipinski definition) is 2. The van der Waals surface area contributed by atoms with E-state index in [9.17, 15) is 9.59 Å². The zero-order valence-electron chi connectivity index (χ0n) is 14.4. The Kier molecular flexibility index (Phi) is 8.24. The van der Waals surface area contributed by atoms with Gasteiger partial charge in [0.25, 0.3) is 0 Å². The molecule has 2 N–H and O–H groups in total. The summed E-state index contributed by atoms with van der Waals surface area (Å²) in [4.78, 5) is 25.9. The molecule has 2 atom stereocenters. The number of piperidine rings is 1. The molecular formula is C16H31N3O3. The van der Waals surface area contributed by atoms with Gasteiger partial charge in [-0.15, -0.1) is 0 Å². The number of amides is 3. The van der Waals surface area contributed by atoms with Crippen LogP contribution in [0.25, 0.3) is 0 Å². The van der Waals surface area contributed by atoms with Crippen LogP contribution in [0.4, 0.5) is 4.79 Å². The van der Waals surface area contributed by atoms with Crippen molar-refractivity contribution in [1.29, 1.82) is 0 Å². The van der Waals surface area contributed by atoms with Gasteiger partial charge in [0, 0.05) is 39.2 Å². The molecule has 22 heavy (non-hydrogen) atoms. The summed E-state index contributed by atoms with van der Waals surface area (Å²) >= 11 is 0. The van der Waals surface area contributed by atoms with E-state index < -0.39 is 0 Å². The van der Waals surface area contributed by atoms with E-state index >= 15 is 0 Å². The normalized spacial score (nSPS) is 21.8. The van der Waals surface area contributed by atoms with Crippen molar-refractivity contribution in [1.82, 2.24) is 15.5 Å². The Labute approximate surface area is 134 Å². The summed E-state index contributed by atoms with van der Waals surface area (Å²) in [5.74, 6) is 0.830. The fraction of sp³-hybridized carbons (Fsp3) is 0.875. The monoisotopic (exact) mass is 313 g/mol. The molecule has 0 radical (unpaired) electrons. The van der Waals surface area contributed by atoms with Crippen LogP contribution < -0.4 is 10.6 Å². The van der Waals surface area contributed by atoms with E-state index in [0.29, 0.717) is 31.4 Å². The lowest BCUT2D eigenvalue weighted by Gasteiger charge is -2.38. The number of hydrogen-bond acceptors (Lipinski definition) is 3. The maximum absolute atomic E-state index is 12.1. The minimum Gasteiger partial charge on any atom is -0.383 e. The second kappa shape index (κ2) is 9.66. The van der Waals surface area contributed by atoms with E-state index in [-0.39, 0.29) is 18.0 Å². The molecule has 0 spiro atoms. The molecule has 2 unspecified atom stereocenters. The van der Waals surface area contributed by atoms with Crippen molar-refractivity contribution in [3.63, 3.8) is 0 Å². The standard InChI is InChI=1S/C16H31N3O3/c1-5-13-11-19(16(21)18-12(2)3)8-6-14(13)10-15(20)17-7-9-22-4/h12-14H,5-11H2,1-4H3,(H,17,20)(H,18,21). The molecule has 6 heteroatoms. The quantitative estimate of drug-likeness (QED) is 0.702. The molecule has 0 aliphatic carbocycles. The smallest absolute Gasteiger partial charge is 0.317 e. The van der Waals surface area contributed by atoms with Crippen LogP contribution in [0.3, 0.4) is 0 Å². The number of nitrogens with one attached hydrogen (secondary N) is 2. The van der Waals surface area contributed by atoms with Crippen molar-refractivity contribution in [2.24, 2.45) is 11.8 Å². The molecule has 1 heterocycles. The van der Waals surface area contributed by atoms with Crippen molar-refractivity contribution in [3.05, 3.63) is 0 Å². The Hall–Kier alpha value is -1.30. The highest BCUT2D eigenvalue weighted by atomic mass is 16.5. The van der Waals surface area contributed by atoms with Gasteiger partial charge in [-0.3, -0.25) is 4.79 Å². The summed E-state index contributed by atoms with van der Waals surface area (Å²) < 4.78 is 4.93. The van der Waals surface area contributed by atoms with Gasteiger partial charge in [-0.05, 0) is 32.1 Å². The van der Waals surface area contributed by atoms with Gasteiger partial charge in [-0.25, -0.2) is 4.79 Å². The molecule has 1 aliphatic heterocycles. The Morgan fingerprint density at radius 2 is 2.05 bits per heavy atom. The zero-order valence-corrected chi connectivity index (χ0v) is 14.4. The molecule has 0 aromatic heterocycles. The Morgan fingerprint density at radius 3 is 2.64 bits per heavy atom. The number of carbonyl (C=O) groups is 2. The molecule has 1 aliphatic rings. The zero-order chi connectivity index (χ0) is 16.5. The van der Waals surface area contributed by atoms with E-state index in [1.807, 2.05) is 18.7 Å². The lowest BCUT2D eigenvalue weighted by molar-refractivity contribution is -0.123. The van der Waals surface area contributed by atoms with Gasteiger partial charge in [0.15, 0.2) is 0 Å². The van der Waals surface area contributed by atoms with Gasteiger partial charge in [-0.2, -0.15) is 0 Å². The predicted octanol–water partition coefficient (Wildman–Crippen LogP) is 1.61. The SMILES string of the molecule is CCC1CN(C(=O)NC(C)C)CCC1CC(=O)NCCOC. The Bertz CT molecular complexity index is 361. The van der Waals surface area contributed by atoms with Crippen molar-refractivity contribution in [3.8, 4) is 0 Å². The van der Waals surface area contributed by atoms with E-state index in [1.165, 1.54) is 0 Å². The summed E-state index contributed by atoms with van der Waals surface area (Å²) in [5, 5.41) is 5.82. The summed E-state index contributed by atoms with van der Waals surface area (Å²) in [6.07, 6.45) is 2.42. The van der Waals surface area contributed by atoms with Crippen molar-refractivity contribution in [2.45, 2.75) is 46.1 Å². The van der Waals surface area contributed by atoms with Crippen LogP contribution >= 0.6 is 0 Å². The van der Waals surface area contributed by atoms with Crippen LogP contribution in [-0.4, -0.2) is 56.2 Å². The fourth-order valence-corrected chi connectivity index (χ4v) is 2.94. The van der Waals surface area contributed by atoms with E-state index in [2.05, 4.69) is 17.6 Å². The maximum atomic E-state index is 12.1. The molecule has 6 nitrogen and oxygen atoms in total. The fourth-order valence-electron chi connectivity index (χ4n) is 2.94. The first kappa shape index (κ1) is 18.7. The number of likely N-dealkylation sites (tertiary alicyclic amines) is 1. The summed E-state index contributed by atoms with van der Waals surface area (Å²) in [5.41, 5.74) is 0. The van der Waals surface area contributed by atoms with Gasteiger partial charge in [-0.1, -0.05) is 13.3 Å². The summed E-state index contributed by atoms with van der Waals surface area (Å²) in [6, 6.07) is 0.160. The topological polar surface area (TPSA) is 70.7 Å². The van der Waals surface area contributed by atoms with Crippen molar-refractivity contribution >= 4 is 11.9 Å². The van der Waals surface area contributed by atoms with Gasteiger partial charge < -0.3 is 20.3 Å². The Morgan fingerprint density at radius 1 is 1.32 bits per heavy atom. The van der Waals surface area contributed by atoms with Gasteiger partial charge in [0.1, 0.15) is 0 Å². The highest BCUT2D eigenvalue weighted by Crippen LogP contribution is 2.29. The molecule has 0 aromatic rings. The number of urea groups is 1. The van der Waals surface area contributed by atoms with Crippen LogP contribution in [0, 0.1) is 11.8 Å². The number of nitrogens with zero attached hydrogens (tertiary/aromatic N) is 1. The van der Waals surface area contributed by atoms with Crippen molar-refractivity contribution < 1.29 is 14.3 Å². The largest absolute Gasteiger partial charge is 0.383 e. The molecule has 0 bridgehead atoms. The third-order valence-corrected chi connectivity index (χ3v) is 4.19. The van der Waals surface area contributed by atoms with Crippen LogP contribution in [-0.2, 0) is 9.53 Å². The summed E-state index contributed by atoms with van der Waals surface area (Å²) in [7, 11) is 1.62. The number of ether oxygens (including phenoxy) is 1. The first-order chi connectivity index (χ1) is 10.5. The highest BCUT2D eigenvalue weighted by molar-refractivity contribution is 5.76. The first-order valence-electron chi connectivity index (χ1n) is 8.29. The van der Waals surface area contributed by atoms with Crippen LogP contribution in [0.1, 0.15) is 40.0 Å². The first-order valence-corrected chi connectivity index (χ1v) is 8.29. The third-order valence-electron chi connectivity index (χ3n) is 4.19. The van der Waals surface area contributed by atoms with Crippen LogP contribution in [0.2, 0.25) is 0 Å². The van der Waals surface area contributed by atoms with E-state index in [1.54, 1.807) is 7.11 Å². The molecule has 0 aromatic carbocycles. The van der Waals surface area contributed by atoms with Crippen LogP contribution in [0.5, 0.6) is 0 Å². The van der Waals surface area contributed by atoms with Gasteiger partial charge in [0.2, 0.25) is 5.91 Å².